The van der Waals surface area contributed by atoms with Crippen LogP contribution in [0.5, 0.6) is 0 Å². The molecule has 0 bridgehead atoms. The molecule has 1 aromatic rings. The zero-order valence-electron chi connectivity index (χ0n) is 12.1. The van der Waals surface area contributed by atoms with Crippen LogP contribution in [-0.2, 0) is 0 Å². The minimum atomic E-state index is 0.268. The summed E-state index contributed by atoms with van der Waals surface area (Å²) in [6.07, 6.45) is 1.65. The van der Waals surface area contributed by atoms with E-state index in [-0.39, 0.29) is 5.78 Å². The number of thioether (sulfide) groups is 1. The lowest BCUT2D eigenvalue weighted by molar-refractivity contribution is 0.0982. The Balaban J connectivity index is 2.07. The summed E-state index contributed by atoms with van der Waals surface area (Å²) in [7, 11) is 0. The lowest BCUT2D eigenvalue weighted by Crippen LogP contribution is -2.25. The number of benzene rings is 1. The number of hydrogen-bond acceptors (Lipinski definition) is 3. The van der Waals surface area contributed by atoms with Crippen LogP contribution >= 0.6 is 11.8 Å². The van der Waals surface area contributed by atoms with Crippen LogP contribution in [0.1, 0.15) is 37.0 Å². The third kappa shape index (κ3) is 6.79. The van der Waals surface area contributed by atoms with Crippen molar-refractivity contribution in [3.63, 3.8) is 0 Å². The van der Waals surface area contributed by atoms with E-state index in [9.17, 15) is 4.79 Å². The molecule has 2 nitrogen and oxygen atoms in total. The van der Waals surface area contributed by atoms with Crippen molar-refractivity contribution in [1.82, 2.24) is 4.90 Å². The van der Waals surface area contributed by atoms with Crippen molar-refractivity contribution in [1.29, 1.82) is 0 Å². The maximum absolute atomic E-state index is 11.9. The summed E-state index contributed by atoms with van der Waals surface area (Å²) in [5.74, 6) is 2.52. The van der Waals surface area contributed by atoms with Gasteiger partial charge in [-0.25, -0.2) is 0 Å². The Morgan fingerprint density at radius 2 is 1.79 bits per heavy atom. The minimum Gasteiger partial charge on any atom is -0.303 e. The monoisotopic (exact) mass is 279 g/mol. The molecular weight excluding hydrogens is 254 g/mol. The average Bonchev–Trinajstić information content (AvgIpc) is 2.47. The van der Waals surface area contributed by atoms with Gasteiger partial charge in [-0.15, -0.1) is 0 Å². The molecule has 0 amide bonds. The van der Waals surface area contributed by atoms with E-state index >= 15 is 0 Å². The highest BCUT2D eigenvalue weighted by atomic mass is 32.2. The molecule has 0 heterocycles. The van der Waals surface area contributed by atoms with Crippen LogP contribution < -0.4 is 0 Å². The first kappa shape index (κ1) is 16.3. The number of Topliss-reactive ketones (excluding diaryl/α,β-unsaturated/α-hetero) is 1. The fourth-order valence-electron chi connectivity index (χ4n) is 1.94. The molecule has 0 N–H and O–H groups in total. The second kappa shape index (κ2) is 10.0. The van der Waals surface area contributed by atoms with E-state index in [1.165, 1.54) is 5.75 Å². The zero-order chi connectivity index (χ0) is 13.9. The molecule has 0 unspecified atom stereocenters. The number of carbonyl (C=O) groups is 1. The SMILES string of the molecule is CCN(CC)CCSCCCC(=O)c1ccccc1. The second-order valence-electron chi connectivity index (χ2n) is 4.53. The fourth-order valence-corrected chi connectivity index (χ4v) is 2.88. The van der Waals surface area contributed by atoms with Gasteiger partial charge < -0.3 is 4.90 Å². The van der Waals surface area contributed by atoms with Gasteiger partial charge in [-0.05, 0) is 25.3 Å². The van der Waals surface area contributed by atoms with Gasteiger partial charge in [-0.1, -0.05) is 44.2 Å². The highest BCUT2D eigenvalue weighted by molar-refractivity contribution is 7.99. The molecular formula is C16H25NOS. The van der Waals surface area contributed by atoms with Crippen molar-refractivity contribution in [3.05, 3.63) is 35.9 Å². The topological polar surface area (TPSA) is 20.3 Å². The van der Waals surface area contributed by atoms with Gasteiger partial charge in [0.05, 0.1) is 0 Å². The Labute approximate surface area is 121 Å². The van der Waals surface area contributed by atoms with E-state index in [0.717, 1.165) is 37.4 Å². The molecule has 0 aliphatic rings. The van der Waals surface area contributed by atoms with E-state index in [0.29, 0.717) is 6.42 Å². The minimum absolute atomic E-state index is 0.268. The molecule has 0 atom stereocenters. The molecule has 0 radical (unpaired) electrons. The molecule has 1 aromatic carbocycles. The van der Waals surface area contributed by atoms with Gasteiger partial charge in [-0.3, -0.25) is 4.79 Å². The van der Waals surface area contributed by atoms with Crippen LogP contribution in [0.25, 0.3) is 0 Å². The first-order chi connectivity index (χ1) is 9.27. The highest BCUT2D eigenvalue weighted by Gasteiger charge is 2.04. The van der Waals surface area contributed by atoms with Crippen LogP contribution in [0.3, 0.4) is 0 Å². The molecule has 0 saturated heterocycles. The Bertz CT molecular complexity index is 349. The van der Waals surface area contributed by atoms with Crippen LogP contribution in [0.2, 0.25) is 0 Å². The summed E-state index contributed by atoms with van der Waals surface area (Å²) in [6, 6.07) is 9.59. The van der Waals surface area contributed by atoms with Crippen LogP contribution in [0.15, 0.2) is 30.3 Å². The van der Waals surface area contributed by atoms with E-state index in [4.69, 9.17) is 0 Å². The molecule has 3 heteroatoms. The second-order valence-corrected chi connectivity index (χ2v) is 5.76. The largest absolute Gasteiger partial charge is 0.303 e. The molecule has 0 aliphatic heterocycles. The number of hydrogen-bond donors (Lipinski definition) is 0. The van der Waals surface area contributed by atoms with Crippen LogP contribution in [-0.4, -0.2) is 41.8 Å². The van der Waals surface area contributed by atoms with Gasteiger partial charge in [0, 0.05) is 24.3 Å². The van der Waals surface area contributed by atoms with Gasteiger partial charge in [0.2, 0.25) is 0 Å². The molecule has 19 heavy (non-hydrogen) atoms. The fraction of sp³-hybridized carbons (Fsp3) is 0.562. The third-order valence-electron chi connectivity index (χ3n) is 3.23. The molecule has 0 fully saturated rings. The van der Waals surface area contributed by atoms with Crippen molar-refractivity contribution in [2.75, 3.05) is 31.1 Å². The van der Waals surface area contributed by atoms with E-state index < -0.39 is 0 Å². The van der Waals surface area contributed by atoms with Gasteiger partial charge in [0.1, 0.15) is 0 Å². The predicted molar refractivity (Wildman–Crippen MR) is 85.1 cm³/mol. The Hall–Kier alpha value is -0.800. The summed E-state index contributed by atoms with van der Waals surface area (Å²) >= 11 is 1.96. The summed E-state index contributed by atoms with van der Waals surface area (Å²) < 4.78 is 0. The van der Waals surface area contributed by atoms with Gasteiger partial charge in [-0.2, -0.15) is 11.8 Å². The van der Waals surface area contributed by atoms with E-state index in [1.54, 1.807) is 0 Å². The maximum atomic E-state index is 11.9. The van der Waals surface area contributed by atoms with Crippen molar-refractivity contribution in [3.8, 4) is 0 Å². The average molecular weight is 279 g/mol. The summed E-state index contributed by atoms with van der Waals surface area (Å²) in [6.45, 7) is 7.82. The first-order valence-corrected chi connectivity index (χ1v) is 8.31. The van der Waals surface area contributed by atoms with Crippen LogP contribution in [0.4, 0.5) is 0 Å². The lowest BCUT2D eigenvalue weighted by atomic mass is 10.1. The number of nitrogens with zero attached hydrogens (tertiary/aromatic N) is 1. The third-order valence-corrected chi connectivity index (χ3v) is 4.28. The molecule has 1 rings (SSSR count). The highest BCUT2D eigenvalue weighted by Crippen LogP contribution is 2.09. The Kier molecular flexibility index (Phi) is 8.59. The normalized spacial score (nSPS) is 10.9. The molecule has 0 aliphatic carbocycles. The smallest absolute Gasteiger partial charge is 0.162 e. The molecule has 0 spiro atoms. The quantitative estimate of drug-likeness (QED) is 0.481. The molecule has 0 saturated carbocycles. The van der Waals surface area contributed by atoms with Crippen molar-refractivity contribution in [2.45, 2.75) is 26.7 Å². The van der Waals surface area contributed by atoms with Crippen LogP contribution in [0, 0.1) is 0 Å². The first-order valence-electron chi connectivity index (χ1n) is 7.16. The Morgan fingerprint density at radius 1 is 1.11 bits per heavy atom. The molecule has 0 aromatic heterocycles. The summed E-state index contributed by atoms with van der Waals surface area (Å²) in [4.78, 5) is 14.3. The van der Waals surface area contributed by atoms with Gasteiger partial charge in [0.15, 0.2) is 5.78 Å². The Morgan fingerprint density at radius 3 is 2.42 bits per heavy atom. The maximum Gasteiger partial charge on any atom is 0.162 e. The van der Waals surface area contributed by atoms with E-state index in [1.807, 2.05) is 42.1 Å². The standard InChI is InChI=1S/C16H25NOS/c1-3-17(4-2)12-14-19-13-8-11-16(18)15-9-6-5-7-10-15/h5-7,9-10H,3-4,8,11-14H2,1-2H3. The van der Waals surface area contributed by atoms with Gasteiger partial charge >= 0.3 is 0 Å². The van der Waals surface area contributed by atoms with Crippen molar-refractivity contribution >= 4 is 17.5 Å². The molecule has 106 valence electrons. The summed E-state index contributed by atoms with van der Waals surface area (Å²) in [5.41, 5.74) is 0.843. The number of rotatable bonds is 10. The van der Waals surface area contributed by atoms with E-state index in [2.05, 4.69) is 18.7 Å². The number of carbonyl (C=O) groups excluding carboxylic acids is 1. The summed E-state index contributed by atoms with van der Waals surface area (Å²) in [5, 5.41) is 0. The zero-order valence-corrected chi connectivity index (χ0v) is 12.9. The predicted octanol–water partition coefficient (Wildman–Crippen LogP) is 3.72. The number of ketones is 1. The lowest BCUT2D eigenvalue weighted by Gasteiger charge is -2.17. The van der Waals surface area contributed by atoms with Gasteiger partial charge in [0.25, 0.3) is 0 Å². The van der Waals surface area contributed by atoms with Crippen molar-refractivity contribution in [2.24, 2.45) is 0 Å². The van der Waals surface area contributed by atoms with Crippen molar-refractivity contribution < 1.29 is 4.79 Å².